The van der Waals surface area contributed by atoms with Crippen LogP contribution in [0.1, 0.15) is 19.8 Å². The van der Waals surface area contributed by atoms with Crippen molar-refractivity contribution in [2.75, 3.05) is 36.8 Å². The van der Waals surface area contributed by atoms with Gasteiger partial charge in [0.25, 0.3) is 0 Å². The van der Waals surface area contributed by atoms with Crippen LogP contribution in [0.15, 0.2) is 6.33 Å². The number of nitrogens with one attached hydrogen (secondary N) is 3. The van der Waals surface area contributed by atoms with E-state index in [-0.39, 0.29) is 12.5 Å². The van der Waals surface area contributed by atoms with Gasteiger partial charge in [-0.1, -0.05) is 0 Å². The van der Waals surface area contributed by atoms with Crippen LogP contribution < -0.4 is 10.6 Å². The van der Waals surface area contributed by atoms with Crippen molar-refractivity contribution < 1.29 is 4.79 Å². The Labute approximate surface area is 122 Å². The highest BCUT2D eigenvalue weighted by atomic mass is 16.2. The van der Waals surface area contributed by atoms with Crippen molar-refractivity contribution in [2.24, 2.45) is 0 Å². The van der Waals surface area contributed by atoms with Crippen molar-refractivity contribution in [1.29, 1.82) is 0 Å². The molecular weight excluding hydrogens is 270 g/mol. The maximum Gasteiger partial charge on any atom is 0.241 e. The quantitative estimate of drug-likeness (QED) is 0.753. The summed E-state index contributed by atoms with van der Waals surface area (Å²) in [6.45, 7) is 4.64. The average Bonchev–Trinajstić information content (AvgIpc) is 3.15. The number of aromatic nitrogens is 4. The molecule has 2 aromatic heterocycles. The monoisotopic (exact) mass is 289 g/mol. The highest BCUT2D eigenvalue weighted by Crippen LogP contribution is 2.18. The number of hydrogen-bond donors (Lipinski definition) is 3. The zero-order valence-corrected chi connectivity index (χ0v) is 12.0. The Hall–Kier alpha value is -2.38. The number of anilines is 2. The zero-order chi connectivity index (χ0) is 14.7. The molecule has 0 spiro atoms. The summed E-state index contributed by atoms with van der Waals surface area (Å²) in [6, 6.07) is 0. The first kappa shape index (κ1) is 13.6. The molecule has 0 radical (unpaired) electrons. The summed E-state index contributed by atoms with van der Waals surface area (Å²) < 4.78 is 0. The van der Waals surface area contributed by atoms with Gasteiger partial charge in [-0.25, -0.2) is 4.98 Å². The molecule has 0 aliphatic carbocycles. The van der Waals surface area contributed by atoms with Gasteiger partial charge >= 0.3 is 0 Å². The predicted molar refractivity (Wildman–Crippen MR) is 80.2 cm³/mol. The molecule has 0 aromatic carbocycles. The maximum absolute atomic E-state index is 12.1. The molecule has 0 bridgehead atoms. The lowest BCUT2D eigenvalue weighted by molar-refractivity contribution is -0.128. The third-order valence-electron chi connectivity index (χ3n) is 3.49. The summed E-state index contributed by atoms with van der Waals surface area (Å²) >= 11 is 0. The molecule has 21 heavy (non-hydrogen) atoms. The molecule has 0 unspecified atom stereocenters. The maximum atomic E-state index is 12.1. The summed E-state index contributed by atoms with van der Waals surface area (Å²) in [5, 5.41) is 6.16. The molecule has 1 fully saturated rings. The molecule has 8 heteroatoms. The summed E-state index contributed by atoms with van der Waals surface area (Å²) in [7, 11) is 0. The van der Waals surface area contributed by atoms with E-state index >= 15 is 0 Å². The van der Waals surface area contributed by atoms with E-state index in [0.717, 1.165) is 32.5 Å². The molecule has 3 rings (SSSR count). The minimum absolute atomic E-state index is 0.101. The minimum atomic E-state index is 0.101. The molecule has 0 atom stereocenters. The van der Waals surface area contributed by atoms with Crippen molar-refractivity contribution in [2.45, 2.75) is 19.8 Å². The summed E-state index contributed by atoms with van der Waals surface area (Å²) in [5.41, 5.74) is 1.29. The van der Waals surface area contributed by atoms with Gasteiger partial charge in [0.15, 0.2) is 11.5 Å². The average molecular weight is 289 g/mol. The van der Waals surface area contributed by atoms with Crippen LogP contribution in [-0.2, 0) is 4.79 Å². The van der Waals surface area contributed by atoms with Gasteiger partial charge in [0, 0.05) is 19.6 Å². The molecule has 1 saturated heterocycles. The number of carbonyl (C=O) groups is 1. The Morgan fingerprint density at radius 2 is 2.14 bits per heavy atom. The van der Waals surface area contributed by atoms with Crippen molar-refractivity contribution in [3.8, 4) is 0 Å². The van der Waals surface area contributed by atoms with E-state index in [1.165, 1.54) is 0 Å². The van der Waals surface area contributed by atoms with E-state index in [9.17, 15) is 4.79 Å². The largest absolute Gasteiger partial charge is 0.359 e. The SMILES string of the molecule is CCNc1nc(NCC(=O)N2CCCC2)c2[nH]cnc2n1. The Balaban J connectivity index is 1.75. The molecule has 1 aliphatic heterocycles. The second kappa shape index (κ2) is 5.94. The second-order valence-corrected chi connectivity index (χ2v) is 4.97. The Kier molecular flexibility index (Phi) is 3.85. The van der Waals surface area contributed by atoms with Crippen molar-refractivity contribution in [3.05, 3.63) is 6.33 Å². The van der Waals surface area contributed by atoms with Crippen LogP contribution in [0.5, 0.6) is 0 Å². The number of imidazole rings is 1. The van der Waals surface area contributed by atoms with Gasteiger partial charge in [0.2, 0.25) is 11.9 Å². The topological polar surface area (TPSA) is 98.8 Å². The van der Waals surface area contributed by atoms with E-state index in [2.05, 4.69) is 30.6 Å². The summed E-state index contributed by atoms with van der Waals surface area (Å²) in [6.07, 6.45) is 3.76. The van der Waals surface area contributed by atoms with Gasteiger partial charge in [-0.2, -0.15) is 9.97 Å². The fourth-order valence-electron chi connectivity index (χ4n) is 2.44. The standard InChI is InChI=1S/C13H19N7O/c1-2-14-13-18-11(10-12(19-13)17-8-16-10)15-7-9(21)20-5-3-4-6-20/h8H,2-7H2,1H3,(H3,14,15,16,17,18,19). The fourth-order valence-corrected chi connectivity index (χ4v) is 2.44. The third kappa shape index (κ3) is 2.88. The first-order valence-electron chi connectivity index (χ1n) is 7.24. The molecule has 1 amide bonds. The first-order valence-corrected chi connectivity index (χ1v) is 7.24. The Morgan fingerprint density at radius 1 is 1.33 bits per heavy atom. The smallest absolute Gasteiger partial charge is 0.241 e. The van der Waals surface area contributed by atoms with Crippen LogP contribution in [0, 0.1) is 0 Å². The molecule has 3 N–H and O–H groups in total. The highest BCUT2D eigenvalue weighted by Gasteiger charge is 2.18. The van der Waals surface area contributed by atoms with Crippen LogP contribution in [0.4, 0.5) is 11.8 Å². The van der Waals surface area contributed by atoms with Crippen LogP contribution >= 0.6 is 0 Å². The number of carbonyl (C=O) groups excluding carboxylic acids is 1. The summed E-state index contributed by atoms with van der Waals surface area (Å²) in [4.78, 5) is 29.8. The van der Waals surface area contributed by atoms with Crippen LogP contribution in [-0.4, -0.2) is 56.9 Å². The van der Waals surface area contributed by atoms with E-state index in [0.29, 0.717) is 22.9 Å². The molecule has 8 nitrogen and oxygen atoms in total. The van der Waals surface area contributed by atoms with Gasteiger partial charge in [0.05, 0.1) is 12.9 Å². The van der Waals surface area contributed by atoms with Gasteiger partial charge in [0.1, 0.15) is 5.52 Å². The van der Waals surface area contributed by atoms with Crippen LogP contribution in [0.25, 0.3) is 11.2 Å². The molecular formula is C13H19N7O. The highest BCUT2D eigenvalue weighted by molar-refractivity contribution is 5.87. The van der Waals surface area contributed by atoms with Crippen molar-refractivity contribution in [1.82, 2.24) is 24.8 Å². The lowest BCUT2D eigenvalue weighted by atomic mass is 10.4. The van der Waals surface area contributed by atoms with Crippen molar-refractivity contribution in [3.63, 3.8) is 0 Å². The van der Waals surface area contributed by atoms with E-state index < -0.39 is 0 Å². The Bertz CT molecular complexity index is 632. The van der Waals surface area contributed by atoms with Crippen molar-refractivity contribution >= 4 is 28.8 Å². The normalized spacial score (nSPS) is 14.6. The first-order chi connectivity index (χ1) is 10.3. The predicted octanol–water partition coefficient (Wildman–Crippen LogP) is 0.819. The number of hydrogen-bond acceptors (Lipinski definition) is 6. The van der Waals surface area contributed by atoms with Crippen LogP contribution in [0.2, 0.25) is 0 Å². The third-order valence-corrected chi connectivity index (χ3v) is 3.49. The minimum Gasteiger partial charge on any atom is -0.359 e. The number of likely N-dealkylation sites (tertiary alicyclic amines) is 1. The van der Waals surface area contributed by atoms with E-state index in [1.54, 1.807) is 6.33 Å². The molecule has 3 heterocycles. The lowest BCUT2D eigenvalue weighted by Crippen LogP contribution is -2.33. The second-order valence-electron chi connectivity index (χ2n) is 4.97. The zero-order valence-electron chi connectivity index (χ0n) is 12.0. The molecule has 1 aliphatic rings. The van der Waals surface area contributed by atoms with Gasteiger partial charge in [-0.15, -0.1) is 0 Å². The fraction of sp³-hybridized carbons (Fsp3) is 0.538. The number of amides is 1. The number of H-pyrrole nitrogens is 1. The van der Waals surface area contributed by atoms with E-state index in [4.69, 9.17) is 0 Å². The number of nitrogens with zero attached hydrogens (tertiary/aromatic N) is 4. The van der Waals surface area contributed by atoms with E-state index in [1.807, 2.05) is 11.8 Å². The molecule has 0 saturated carbocycles. The van der Waals surface area contributed by atoms with Gasteiger partial charge < -0.3 is 20.5 Å². The number of fused-ring (bicyclic) bond motifs is 1. The number of rotatable bonds is 5. The number of aromatic amines is 1. The molecule has 2 aromatic rings. The lowest BCUT2D eigenvalue weighted by Gasteiger charge is -2.16. The van der Waals surface area contributed by atoms with Crippen LogP contribution in [0.3, 0.4) is 0 Å². The summed E-state index contributed by atoms with van der Waals surface area (Å²) in [5.74, 6) is 1.21. The van der Waals surface area contributed by atoms with Gasteiger partial charge in [-0.05, 0) is 19.8 Å². The molecule has 112 valence electrons. The van der Waals surface area contributed by atoms with Gasteiger partial charge in [-0.3, -0.25) is 4.79 Å². The Morgan fingerprint density at radius 3 is 2.90 bits per heavy atom.